The van der Waals surface area contributed by atoms with Crippen LogP contribution in [-0.2, 0) is 6.54 Å². The molecule has 1 aromatic carbocycles. The van der Waals surface area contributed by atoms with Crippen molar-refractivity contribution in [2.45, 2.75) is 19.0 Å². The van der Waals surface area contributed by atoms with E-state index in [2.05, 4.69) is 25.5 Å². The first kappa shape index (κ1) is 19.0. The van der Waals surface area contributed by atoms with Gasteiger partial charge in [-0.15, -0.1) is 0 Å². The highest BCUT2D eigenvalue weighted by Crippen LogP contribution is 2.39. The molecule has 1 atom stereocenters. The quantitative estimate of drug-likeness (QED) is 0.685. The lowest BCUT2D eigenvalue weighted by atomic mass is 10.1. The number of hydrogen-bond acceptors (Lipinski definition) is 5. The van der Waals surface area contributed by atoms with E-state index in [1.54, 1.807) is 29.3 Å². The smallest absolute Gasteiger partial charge is 0.329 e. The molecule has 8 nitrogen and oxygen atoms in total. The molecule has 0 unspecified atom stereocenters. The number of nitrogens with zero attached hydrogens (tertiary/aromatic N) is 4. The number of hydrogen-bond donors (Lipinski definition) is 2. The van der Waals surface area contributed by atoms with Crippen LogP contribution < -0.4 is 20.4 Å². The maximum absolute atomic E-state index is 13.1. The van der Waals surface area contributed by atoms with Gasteiger partial charge in [-0.2, -0.15) is 0 Å². The summed E-state index contributed by atoms with van der Waals surface area (Å²) in [5, 5.41) is 5.75. The average Bonchev–Trinajstić information content (AvgIpc) is 3.22. The van der Waals surface area contributed by atoms with E-state index >= 15 is 0 Å². The van der Waals surface area contributed by atoms with E-state index in [9.17, 15) is 9.59 Å². The number of carbonyl (C=O) groups is 2. The molecule has 2 aliphatic heterocycles. The van der Waals surface area contributed by atoms with E-state index < -0.39 is 0 Å². The number of rotatable bonds is 4. The third kappa shape index (κ3) is 3.79. The molecule has 0 radical (unpaired) electrons. The number of carbonyl (C=O) groups excluding carboxylic acids is 2. The van der Waals surface area contributed by atoms with Gasteiger partial charge in [0.15, 0.2) is 5.82 Å². The van der Waals surface area contributed by atoms with Gasteiger partial charge in [-0.25, -0.2) is 14.8 Å². The van der Waals surface area contributed by atoms with Crippen LogP contribution in [0.15, 0.2) is 66.9 Å². The van der Waals surface area contributed by atoms with Crippen LogP contribution in [0.1, 0.15) is 22.5 Å². The number of urea groups is 1. The highest BCUT2D eigenvalue weighted by Gasteiger charge is 2.40. The zero-order chi connectivity index (χ0) is 21.2. The topological polar surface area (TPSA) is 90.5 Å². The van der Waals surface area contributed by atoms with Gasteiger partial charge in [0.25, 0.3) is 5.91 Å². The largest absolute Gasteiger partial charge is 0.366 e. The third-order valence-electron chi connectivity index (χ3n) is 5.60. The predicted molar refractivity (Wildman–Crippen MR) is 118 cm³/mol. The molecule has 3 aromatic rings. The Hall–Kier alpha value is -3.94. The first-order valence-corrected chi connectivity index (χ1v) is 10.3. The number of amides is 3. The first-order valence-electron chi connectivity index (χ1n) is 10.3. The van der Waals surface area contributed by atoms with E-state index in [-0.39, 0.29) is 23.7 Å². The Kier molecular flexibility index (Phi) is 4.95. The van der Waals surface area contributed by atoms with Crippen molar-refractivity contribution in [2.75, 3.05) is 28.2 Å². The summed E-state index contributed by atoms with van der Waals surface area (Å²) < 4.78 is 0. The average molecular weight is 414 g/mol. The minimum absolute atomic E-state index is 0.00587. The van der Waals surface area contributed by atoms with Crippen LogP contribution in [0, 0.1) is 0 Å². The first-order chi connectivity index (χ1) is 15.2. The molecule has 0 spiro atoms. The number of anilines is 3. The van der Waals surface area contributed by atoms with Crippen LogP contribution in [-0.4, -0.2) is 41.0 Å². The highest BCUT2D eigenvalue weighted by molar-refractivity contribution is 6.05. The molecule has 5 rings (SSSR count). The number of nitrogens with one attached hydrogen (secondary N) is 2. The van der Waals surface area contributed by atoms with Crippen molar-refractivity contribution in [3.63, 3.8) is 0 Å². The maximum atomic E-state index is 13.1. The number of pyridine rings is 2. The third-order valence-corrected chi connectivity index (χ3v) is 5.60. The predicted octanol–water partition coefficient (Wildman–Crippen LogP) is 3.04. The molecule has 4 heterocycles. The van der Waals surface area contributed by atoms with Gasteiger partial charge in [0, 0.05) is 25.8 Å². The Balaban J connectivity index is 1.40. The van der Waals surface area contributed by atoms with Gasteiger partial charge in [-0.3, -0.25) is 15.0 Å². The summed E-state index contributed by atoms with van der Waals surface area (Å²) in [5.41, 5.74) is 2.16. The summed E-state index contributed by atoms with van der Waals surface area (Å²) in [4.78, 5) is 38.5. The standard InChI is InChI=1S/C23H22N6O2/c30-22(25-14-16-6-2-1-3-7-16)18-9-10-19-21(26-18)29(17-11-13-28(19)15-17)23(31)27-20-8-4-5-12-24-20/h1-10,12,17H,11,13-15H2,(H,25,30)(H,24,27,31)/t17-/m0/s1. The van der Waals surface area contributed by atoms with Crippen LogP contribution >= 0.6 is 0 Å². The van der Waals surface area contributed by atoms with E-state index in [1.807, 2.05) is 42.5 Å². The molecule has 1 fully saturated rings. The second kappa shape index (κ2) is 8.06. The van der Waals surface area contributed by atoms with E-state index in [4.69, 9.17) is 0 Å². The molecular formula is C23H22N6O2. The minimum atomic E-state index is -0.291. The van der Waals surface area contributed by atoms with Crippen LogP contribution in [0.5, 0.6) is 0 Å². The van der Waals surface area contributed by atoms with Crippen molar-refractivity contribution >= 4 is 29.3 Å². The molecule has 8 heteroatoms. The van der Waals surface area contributed by atoms with Gasteiger partial charge < -0.3 is 10.2 Å². The summed E-state index contributed by atoms with van der Waals surface area (Å²) in [7, 11) is 0. The Morgan fingerprint density at radius 2 is 1.87 bits per heavy atom. The van der Waals surface area contributed by atoms with Gasteiger partial charge in [-0.1, -0.05) is 36.4 Å². The molecule has 156 valence electrons. The fourth-order valence-corrected chi connectivity index (χ4v) is 4.07. The second-order valence-corrected chi connectivity index (χ2v) is 7.61. The SMILES string of the molecule is O=C(NCc1ccccc1)c1ccc2c(n1)N(C(=O)Nc1ccccn1)[C@H]1CCN2C1. The van der Waals surface area contributed by atoms with Crippen molar-refractivity contribution in [3.05, 3.63) is 78.1 Å². The van der Waals surface area contributed by atoms with E-state index in [0.29, 0.717) is 18.2 Å². The zero-order valence-corrected chi connectivity index (χ0v) is 16.9. The fourth-order valence-electron chi connectivity index (χ4n) is 4.07. The second-order valence-electron chi connectivity index (χ2n) is 7.61. The van der Waals surface area contributed by atoms with Crippen molar-refractivity contribution < 1.29 is 9.59 Å². The molecule has 2 aromatic heterocycles. The zero-order valence-electron chi connectivity index (χ0n) is 16.9. The Morgan fingerprint density at radius 3 is 2.68 bits per heavy atom. The van der Waals surface area contributed by atoms with Gasteiger partial charge in [-0.05, 0) is 36.2 Å². The summed E-state index contributed by atoms with van der Waals surface area (Å²) in [5.74, 6) is 0.713. The van der Waals surface area contributed by atoms with Gasteiger partial charge in [0.1, 0.15) is 11.5 Å². The lowest BCUT2D eigenvalue weighted by Crippen LogP contribution is -2.48. The molecule has 2 bridgehead atoms. The molecule has 0 saturated carbocycles. The molecule has 2 N–H and O–H groups in total. The highest BCUT2D eigenvalue weighted by atomic mass is 16.2. The number of fused-ring (bicyclic) bond motifs is 4. The molecule has 31 heavy (non-hydrogen) atoms. The van der Waals surface area contributed by atoms with Gasteiger partial charge in [0.2, 0.25) is 0 Å². The Labute approximate surface area is 179 Å². The fraction of sp³-hybridized carbons (Fsp3) is 0.217. The number of benzene rings is 1. The lowest BCUT2D eigenvalue weighted by Gasteiger charge is -2.35. The van der Waals surface area contributed by atoms with Crippen LogP contribution in [0.2, 0.25) is 0 Å². The minimum Gasteiger partial charge on any atom is -0.366 e. The summed E-state index contributed by atoms with van der Waals surface area (Å²) >= 11 is 0. The molecule has 1 saturated heterocycles. The monoisotopic (exact) mass is 414 g/mol. The van der Waals surface area contributed by atoms with Crippen LogP contribution in [0.25, 0.3) is 0 Å². The van der Waals surface area contributed by atoms with Crippen molar-refractivity contribution in [1.29, 1.82) is 0 Å². The van der Waals surface area contributed by atoms with E-state index in [0.717, 1.165) is 30.8 Å². The molecule has 0 aliphatic carbocycles. The van der Waals surface area contributed by atoms with Crippen LogP contribution in [0.4, 0.5) is 22.1 Å². The van der Waals surface area contributed by atoms with Gasteiger partial charge >= 0.3 is 6.03 Å². The maximum Gasteiger partial charge on any atom is 0.329 e. The molecule has 2 aliphatic rings. The van der Waals surface area contributed by atoms with Crippen LogP contribution in [0.3, 0.4) is 0 Å². The number of aromatic nitrogens is 2. The van der Waals surface area contributed by atoms with Gasteiger partial charge in [0.05, 0.1) is 11.7 Å². The normalized spacial score (nSPS) is 16.6. The van der Waals surface area contributed by atoms with Crippen molar-refractivity contribution in [1.82, 2.24) is 15.3 Å². The van der Waals surface area contributed by atoms with Crippen molar-refractivity contribution in [3.8, 4) is 0 Å². The Bertz CT molecular complexity index is 1110. The Morgan fingerprint density at radius 1 is 1.03 bits per heavy atom. The summed E-state index contributed by atoms with van der Waals surface area (Å²) in [6.07, 6.45) is 2.48. The van der Waals surface area contributed by atoms with Crippen molar-refractivity contribution in [2.24, 2.45) is 0 Å². The molecular weight excluding hydrogens is 392 g/mol. The van der Waals surface area contributed by atoms with E-state index in [1.165, 1.54) is 0 Å². The summed E-state index contributed by atoms with van der Waals surface area (Å²) in [6.45, 7) is 2.02. The lowest BCUT2D eigenvalue weighted by molar-refractivity contribution is 0.0946. The summed E-state index contributed by atoms with van der Waals surface area (Å²) in [6, 6.07) is 18.4. The molecule has 3 amide bonds.